The maximum atomic E-state index is 13.6. The molecule has 1 amide bonds. The Bertz CT molecular complexity index is 848. The van der Waals surface area contributed by atoms with Gasteiger partial charge in [0.25, 0.3) is 0 Å². The van der Waals surface area contributed by atoms with E-state index in [1.807, 2.05) is 23.7 Å². The van der Waals surface area contributed by atoms with Gasteiger partial charge in [0.2, 0.25) is 5.91 Å². The molecule has 0 bridgehead atoms. The molecule has 1 heterocycles. The molecule has 3 aromatic rings. The molecule has 0 fully saturated rings. The third kappa shape index (κ3) is 3.99. The van der Waals surface area contributed by atoms with Gasteiger partial charge in [0.05, 0.1) is 6.42 Å². The highest BCUT2D eigenvalue weighted by Gasteiger charge is 2.08. The van der Waals surface area contributed by atoms with Gasteiger partial charge in [-0.25, -0.2) is 4.39 Å². The Balaban J connectivity index is 1.61. The number of rotatable bonds is 5. The maximum Gasteiger partial charge on any atom is 0.228 e. The molecule has 2 aromatic carbocycles. The van der Waals surface area contributed by atoms with Gasteiger partial charge in [0.1, 0.15) is 12.1 Å². The molecule has 0 aliphatic heterocycles. The third-order valence-corrected chi connectivity index (χ3v) is 4.39. The number of benzene rings is 2. The van der Waals surface area contributed by atoms with Gasteiger partial charge in [0, 0.05) is 17.6 Å². The first-order chi connectivity index (χ1) is 11.6. The third-order valence-electron chi connectivity index (χ3n) is 3.33. The van der Waals surface area contributed by atoms with Gasteiger partial charge >= 0.3 is 0 Å². The summed E-state index contributed by atoms with van der Waals surface area (Å²) in [4.78, 5) is 13.0. The van der Waals surface area contributed by atoms with Crippen LogP contribution in [0, 0.1) is 5.82 Å². The molecule has 0 aliphatic carbocycles. The van der Waals surface area contributed by atoms with Crippen molar-refractivity contribution >= 4 is 23.4 Å². The zero-order valence-electron chi connectivity index (χ0n) is 12.9. The van der Waals surface area contributed by atoms with Crippen LogP contribution in [-0.4, -0.2) is 20.7 Å². The Labute approximate surface area is 142 Å². The van der Waals surface area contributed by atoms with E-state index in [1.165, 1.54) is 17.8 Å². The van der Waals surface area contributed by atoms with E-state index in [4.69, 9.17) is 0 Å². The van der Waals surface area contributed by atoms with Gasteiger partial charge in [-0.05, 0) is 47.7 Å². The van der Waals surface area contributed by atoms with Crippen LogP contribution >= 0.6 is 11.8 Å². The monoisotopic (exact) mass is 342 g/mol. The Morgan fingerprint density at radius 3 is 2.62 bits per heavy atom. The summed E-state index contributed by atoms with van der Waals surface area (Å²) in [6.45, 7) is 0. The van der Waals surface area contributed by atoms with E-state index < -0.39 is 0 Å². The second kappa shape index (κ2) is 7.27. The minimum Gasteiger partial charge on any atom is -0.326 e. The molecule has 122 valence electrons. The van der Waals surface area contributed by atoms with Crippen molar-refractivity contribution in [1.82, 2.24) is 14.8 Å². The van der Waals surface area contributed by atoms with Crippen molar-refractivity contribution in [2.24, 2.45) is 7.05 Å². The molecular formula is C17H15FN4OS. The van der Waals surface area contributed by atoms with Crippen molar-refractivity contribution in [3.63, 3.8) is 0 Å². The number of halogens is 1. The summed E-state index contributed by atoms with van der Waals surface area (Å²) in [5.74, 6) is -0.628. The molecule has 5 nitrogen and oxygen atoms in total. The zero-order chi connectivity index (χ0) is 16.9. The lowest BCUT2D eigenvalue weighted by Crippen LogP contribution is -2.15. The lowest BCUT2D eigenvalue weighted by molar-refractivity contribution is -0.115. The van der Waals surface area contributed by atoms with Crippen LogP contribution in [0.4, 0.5) is 10.1 Å². The second-order valence-corrected chi connectivity index (χ2v) is 6.21. The van der Waals surface area contributed by atoms with E-state index in [0.717, 1.165) is 10.1 Å². The highest BCUT2D eigenvalue weighted by molar-refractivity contribution is 7.99. The number of hydrogen-bond acceptors (Lipinski definition) is 4. The van der Waals surface area contributed by atoms with Gasteiger partial charge in [-0.1, -0.05) is 18.2 Å². The first kappa shape index (κ1) is 16.2. The minimum atomic E-state index is -0.372. The zero-order valence-corrected chi connectivity index (χ0v) is 13.8. The van der Waals surface area contributed by atoms with E-state index in [9.17, 15) is 9.18 Å². The normalized spacial score (nSPS) is 10.6. The SMILES string of the molecule is Cn1cnnc1Sc1ccc(NC(=O)Cc2ccccc2F)cc1. The summed E-state index contributed by atoms with van der Waals surface area (Å²) in [5, 5.41) is 11.4. The minimum absolute atomic E-state index is 0.00210. The molecule has 0 unspecified atom stereocenters. The summed E-state index contributed by atoms with van der Waals surface area (Å²) in [7, 11) is 1.87. The fraction of sp³-hybridized carbons (Fsp3) is 0.118. The predicted molar refractivity (Wildman–Crippen MR) is 90.3 cm³/mol. The van der Waals surface area contributed by atoms with Crippen molar-refractivity contribution in [2.45, 2.75) is 16.5 Å². The van der Waals surface area contributed by atoms with Crippen LogP contribution in [-0.2, 0) is 18.3 Å². The number of carbonyl (C=O) groups excluding carboxylic acids is 1. The van der Waals surface area contributed by atoms with Crippen LogP contribution in [0.2, 0.25) is 0 Å². The average Bonchev–Trinajstić information content (AvgIpc) is 2.96. The maximum absolute atomic E-state index is 13.6. The second-order valence-electron chi connectivity index (χ2n) is 5.17. The molecule has 0 saturated carbocycles. The number of aromatic nitrogens is 3. The summed E-state index contributed by atoms with van der Waals surface area (Å²) < 4.78 is 15.4. The van der Waals surface area contributed by atoms with E-state index in [0.29, 0.717) is 11.3 Å². The van der Waals surface area contributed by atoms with E-state index in [-0.39, 0.29) is 18.1 Å². The fourth-order valence-corrected chi connectivity index (χ4v) is 2.86. The number of nitrogens with one attached hydrogen (secondary N) is 1. The summed E-state index contributed by atoms with van der Waals surface area (Å²) in [6, 6.07) is 13.6. The molecule has 0 saturated heterocycles. The number of anilines is 1. The standard InChI is InChI=1S/C17H15FN4OS/c1-22-11-19-21-17(22)24-14-8-6-13(7-9-14)20-16(23)10-12-4-2-3-5-15(12)18/h2-9,11H,10H2,1H3,(H,20,23). The van der Waals surface area contributed by atoms with Crippen LogP contribution in [0.1, 0.15) is 5.56 Å². The first-order valence-electron chi connectivity index (χ1n) is 7.27. The summed E-state index contributed by atoms with van der Waals surface area (Å²) in [6.07, 6.45) is 1.64. The van der Waals surface area contributed by atoms with Gasteiger partial charge in [-0.3, -0.25) is 4.79 Å². The van der Waals surface area contributed by atoms with Crippen LogP contribution in [0.3, 0.4) is 0 Å². The highest BCUT2D eigenvalue weighted by Crippen LogP contribution is 2.26. The lowest BCUT2D eigenvalue weighted by Gasteiger charge is -2.07. The molecule has 1 N–H and O–H groups in total. The van der Waals surface area contributed by atoms with Crippen molar-refractivity contribution in [2.75, 3.05) is 5.32 Å². The molecule has 24 heavy (non-hydrogen) atoms. The number of hydrogen-bond donors (Lipinski definition) is 1. The number of nitrogens with zero attached hydrogens (tertiary/aromatic N) is 3. The van der Waals surface area contributed by atoms with E-state index in [1.54, 1.807) is 36.7 Å². The molecule has 0 aliphatic rings. The largest absolute Gasteiger partial charge is 0.326 e. The fourth-order valence-electron chi connectivity index (χ4n) is 2.10. The molecular weight excluding hydrogens is 327 g/mol. The Hall–Kier alpha value is -2.67. The van der Waals surface area contributed by atoms with Gasteiger partial charge in [0.15, 0.2) is 5.16 Å². The van der Waals surface area contributed by atoms with Gasteiger partial charge in [-0.15, -0.1) is 10.2 Å². The summed E-state index contributed by atoms with van der Waals surface area (Å²) >= 11 is 1.48. The van der Waals surface area contributed by atoms with Crippen LogP contribution in [0.25, 0.3) is 0 Å². The number of aryl methyl sites for hydroxylation is 1. The topological polar surface area (TPSA) is 59.8 Å². The Morgan fingerprint density at radius 1 is 1.21 bits per heavy atom. The van der Waals surface area contributed by atoms with E-state index >= 15 is 0 Å². The molecule has 0 radical (unpaired) electrons. The van der Waals surface area contributed by atoms with Crippen molar-refractivity contribution in [1.29, 1.82) is 0 Å². The van der Waals surface area contributed by atoms with Crippen LogP contribution in [0.15, 0.2) is 64.9 Å². The van der Waals surface area contributed by atoms with Crippen molar-refractivity contribution in [3.05, 3.63) is 66.2 Å². The van der Waals surface area contributed by atoms with Crippen molar-refractivity contribution in [3.8, 4) is 0 Å². The molecule has 1 aromatic heterocycles. The Morgan fingerprint density at radius 2 is 1.96 bits per heavy atom. The quantitative estimate of drug-likeness (QED) is 0.773. The molecule has 7 heteroatoms. The number of carbonyl (C=O) groups is 1. The van der Waals surface area contributed by atoms with Gasteiger partial charge < -0.3 is 9.88 Å². The van der Waals surface area contributed by atoms with Crippen LogP contribution < -0.4 is 5.32 Å². The first-order valence-corrected chi connectivity index (χ1v) is 8.08. The van der Waals surface area contributed by atoms with E-state index in [2.05, 4.69) is 15.5 Å². The number of amides is 1. The lowest BCUT2D eigenvalue weighted by atomic mass is 10.1. The molecule has 3 rings (SSSR count). The Kier molecular flexibility index (Phi) is 4.90. The molecule has 0 atom stereocenters. The summed E-state index contributed by atoms with van der Waals surface area (Å²) in [5.41, 5.74) is 1.04. The highest BCUT2D eigenvalue weighted by atomic mass is 32.2. The smallest absolute Gasteiger partial charge is 0.228 e. The average molecular weight is 342 g/mol. The van der Waals surface area contributed by atoms with Crippen LogP contribution in [0.5, 0.6) is 0 Å². The van der Waals surface area contributed by atoms with Gasteiger partial charge in [-0.2, -0.15) is 0 Å². The predicted octanol–water partition coefficient (Wildman–Crippen LogP) is 3.29. The molecule has 0 spiro atoms. The van der Waals surface area contributed by atoms with Crippen molar-refractivity contribution < 1.29 is 9.18 Å².